The van der Waals surface area contributed by atoms with Gasteiger partial charge in [-0.05, 0) is 29.8 Å². The van der Waals surface area contributed by atoms with E-state index in [2.05, 4.69) is 10.3 Å². The first kappa shape index (κ1) is 14.2. The average molecular weight is 288 g/mol. The number of benzene rings is 1. The minimum atomic E-state index is -4.46. The summed E-state index contributed by atoms with van der Waals surface area (Å²) in [6.45, 7) is 0.0332. The number of nitrogens with zero attached hydrogens (tertiary/aromatic N) is 1. The van der Waals surface area contributed by atoms with E-state index in [-0.39, 0.29) is 12.4 Å². The van der Waals surface area contributed by atoms with Crippen LogP contribution in [0.4, 0.5) is 27.8 Å². The van der Waals surface area contributed by atoms with Gasteiger partial charge in [0.25, 0.3) is 0 Å². The normalized spacial score (nSPS) is 11.4. The topological polar surface area (TPSA) is 24.9 Å². The van der Waals surface area contributed by atoms with Crippen LogP contribution in [0.3, 0.4) is 0 Å². The molecule has 1 aromatic heterocycles. The molecule has 0 bridgehead atoms. The molecule has 0 aliphatic carbocycles. The molecule has 1 N–H and O–H groups in total. The van der Waals surface area contributed by atoms with Crippen molar-refractivity contribution in [3.05, 3.63) is 59.3 Å². The molecule has 2 aromatic rings. The van der Waals surface area contributed by atoms with Crippen LogP contribution in [-0.2, 0) is 12.7 Å². The standard InChI is InChI=1S/C13H9F5N2/c14-10-2-1-8(5-11(10)15)7-20-12-6-9(3-4-19-12)13(16,17)18/h1-6H,7H2,(H,19,20). The van der Waals surface area contributed by atoms with Gasteiger partial charge in [0.05, 0.1) is 5.56 Å². The van der Waals surface area contributed by atoms with E-state index in [1.54, 1.807) is 0 Å². The molecule has 2 rings (SSSR count). The number of hydrogen-bond acceptors (Lipinski definition) is 2. The highest BCUT2D eigenvalue weighted by molar-refractivity contribution is 5.39. The quantitative estimate of drug-likeness (QED) is 0.864. The molecule has 0 saturated carbocycles. The number of aromatic nitrogens is 1. The van der Waals surface area contributed by atoms with E-state index in [0.29, 0.717) is 5.56 Å². The van der Waals surface area contributed by atoms with Crippen molar-refractivity contribution in [2.24, 2.45) is 0 Å². The van der Waals surface area contributed by atoms with Crippen LogP contribution >= 0.6 is 0 Å². The summed E-state index contributed by atoms with van der Waals surface area (Å²) in [6, 6.07) is 4.95. The van der Waals surface area contributed by atoms with Crippen LogP contribution in [0.25, 0.3) is 0 Å². The molecule has 0 radical (unpaired) electrons. The largest absolute Gasteiger partial charge is 0.416 e. The maximum Gasteiger partial charge on any atom is 0.416 e. The molecule has 20 heavy (non-hydrogen) atoms. The summed E-state index contributed by atoms with van der Waals surface area (Å²) < 4.78 is 63.1. The van der Waals surface area contributed by atoms with Gasteiger partial charge in [-0.15, -0.1) is 0 Å². The van der Waals surface area contributed by atoms with Gasteiger partial charge >= 0.3 is 6.18 Å². The smallest absolute Gasteiger partial charge is 0.366 e. The Labute approximate surface area is 111 Å². The Balaban J connectivity index is 2.09. The molecule has 0 saturated heterocycles. The van der Waals surface area contributed by atoms with Gasteiger partial charge in [0, 0.05) is 12.7 Å². The highest BCUT2D eigenvalue weighted by Gasteiger charge is 2.30. The van der Waals surface area contributed by atoms with Gasteiger partial charge in [-0.25, -0.2) is 13.8 Å². The summed E-state index contributed by atoms with van der Waals surface area (Å²) in [5.41, 5.74) is -0.441. The second kappa shape index (κ2) is 5.44. The molecule has 7 heteroatoms. The van der Waals surface area contributed by atoms with Crippen molar-refractivity contribution in [3.8, 4) is 0 Å². The van der Waals surface area contributed by atoms with Crippen LogP contribution in [0.15, 0.2) is 36.5 Å². The van der Waals surface area contributed by atoms with Crippen molar-refractivity contribution >= 4 is 5.82 Å². The van der Waals surface area contributed by atoms with Crippen molar-refractivity contribution < 1.29 is 22.0 Å². The summed E-state index contributed by atoms with van der Waals surface area (Å²) in [4.78, 5) is 3.73. The third-order valence-electron chi connectivity index (χ3n) is 2.54. The Bertz CT molecular complexity index is 610. The highest BCUT2D eigenvalue weighted by atomic mass is 19.4. The van der Waals surface area contributed by atoms with Gasteiger partial charge in [-0.1, -0.05) is 6.07 Å². The first-order chi connectivity index (χ1) is 9.36. The Morgan fingerprint density at radius 1 is 1.00 bits per heavy atom. The molecule has 0 spiro atoms. The van der Waals surface area contributed by atoms with Crippen LogP contribution < -0.4 is 5.32 Å². The molecular formula is C13H9F5N2. The molecule has 1 aromatic carbocycles. The van der Waals surface area contributed by atoms with E-state index in [9.17, 15) is 22.0 Å². The van der Waals surface area contributed by atoms with Gasteiger partial charge in [0.15, 0.2) is 11.6 Å². The molecule has 0 amide bonds. The highest BCUT2D eigenvalue weighted by Crippen LogP contribution is 2.29. The lowest BCUT2D eigenvalue weighted by molar-refractivity contribution is -0.137. The number of alkyl halides is 3. The van der Waals surface area contributed by atoms with E-state index >= 15 is 0 Å². The maximum atomic E-state index is 13.0. The Morgan fingerprint density at radius 2 is 1.75 bits per heavy atom. The molecule has 0 fully saturated rings. The Morgan fingerprint density at radius 3 is 2.40 bits per heavy atom. The lowest BCUT2D eigenvalue weighted by atomic mass is 10.2. The second-order valence-corrected chi connectivity index (χ2v) is 4.03. The molecule has 106 valence electrons. The lowest BCUT2D eigenvalue weighted by Crippen LogP contribution is -2.07. The fourth-order valence-electron chi connectivity index (χ4n) is 1.55. The average Bonchev–Trinajstić information content (AvgIpc) is 2.39. The Hall–Kier alpha value is -2.18. The van der Waals surface area contributed by atoms with E-state index in [4.69, 9.17) is 0 Å². The van der Waals surface area contributed by atoms with Crippen LogP contribution in [0.2, 0.25) is 0 Å². The molecule has 0 aliphatic heterocycles. The summed E-state index contributed by atoms with van der Waals surface area (Å²) in [7, 11) is 0. The molecule has 0 atom stereocenters. The second-order valence-electron chi connectivity index (χ2n) is 4.03. The first-order valence-electron chi connectivity index (χ1n) is 5.57. The monoisotopic (exact) mass is 288 g/mol. The third-order valence-corrected chi connectivity index (χ3v) is 2.54. The van der Waals surface area contributed by atoms with Crippen molar-refractivity contribution in [3.63, 3.8) is 0 Å². The zero-order valence-corrected chi connectivity index (χ0v) is 10.0. The van der Waals surface area contributed by atoms with Gasteiger partial charge in [0.1, 0.15) is 5.82 Å². The van der Waals surface area contributed by atoms with E-state index in [1.165, 1.54) is 6.07 Å². The number of halogens is 5. The summed E-state index contributed by atoms with van der Waals surface area (Å²) in [5, 5.41) is 2.62. The molecule has 2 nitrogen and oxygen atoms in total. The number of pyridine rings is 1. The van der Waals surface area contributed by atoms with Crippen molar-refractivity contribution in [1.29, 1.82) is 0 Å². The lowest BCUT2D eigenvalue weighted by Gasteiger charge is -2.10. The first-order valence-corrected chi connectivity index (χ1v) is 5.57. The van der Waals surface area contributed by atoms with Crippen LogP contribution in [-0.4, -0.2) is 4.98 Å². The summed E-state index contributed by atoms with van der Waals surface area (Å²) in [5.74, 6) is -1.99. The SMILES string of the molecule is Fc1ccc(CNc2cc(C(F)(F)F)ccn2)cc1F. The predicted octanol–water partition coefficient (Wildman–Crippen LogP) is 3.99. The number of hydrogen-bond donors (Lipinski definition) is 1. The molecule has 0 aliphatic rings. The molecule has 1 heterocycles. The van der Waals surface area contributed by atoms with Crippen molar-refractivity contribution in [2.75, 3.05) is 5.32 Å². The van der Waals surface area contributed by atoms with Crippen LogP contribution in [0, 0.1) is 11.6 Å². The number of anilines is 1. The van der Waals surface area contributed by atoms with Gasteiger partial charge in [0.2, 0.25) is 0 Å². The zero-order valence-electron chi connectivity index (χ0n) is 10.0. The maximum absolute atomic E-state index is 13.0. The van der Waals surface area contributed by atoms with E-state index < -0.39 is 23.4 Å². The fourth-order valence-corrected chi connectivity index (χ4v) is 1.55. The summed E-state index contributed by atoms with van der Waals surface area (Å²) >= 11 is 0. The fraction of sp³-hybridized carbons (Fsp3) is 0.154. The number of rotatable bonds is 3. The Kier molecular flexibility index (Phi) is 3.87. The molecular weight excluding hydrogens is 279 g/mol. The van der Waals surface area contributed by atoms with Gasteiger partial charge in [-0.3, -0.25) is 0 Å². The minimum absolute atomic E-state index is 0.00422. The minimum Gasteiger partial charge on any atom is -0.366 e. The van der Waals surface area contributed by atoms with E-state index in [0.717, 1.165) is 30.5 Å². The van der Waals surface area contributed by atoms with E-state index in [1.807, 2.05) is 0 Å². The van der Waals surface area contributed by atoms with Crippen molar-refractivity contribution in [1.82, 2.24) is 4.98 Å². The van der Waals surface area contributed by atoms with Crippen molar-refractivity contribution in [2.45, 2.75) is 12.7 Å². The summed E-state index contributed by atoms with van der Waals surface area (Å²) in [6.07, 6.45) is -3.43. The molecule has 0 unspecified atom stereocenters. The van der Waals surface area contributed by atoms with Gasteiger partial charge < -0.3 is 5.32 Å². The van der Waals surface area contributed by atoms with Crippen LogP contribution in [0.1, 0.15) is 11.1 Å². The van der Waals surface area contributed by atoms with Gasteiger partial charge in [-0.2, -0.15) is 13.2 Å². The predicted molar refractivity (Wildman–Crippen MR) is 62.9 cm³/mol. The zero-order chi connectivity index (χ0) is 14.8. The van der Waals surface area contributed by atoms with Crippen LogP contribution in [0.5, 0.6) is 0 Å². The third kappa shape index (κ3) is 3.43. The number of nitrogens with one attached hydrogen (secondary N) is 1.